The average Bonchev–Trinajstić information content (AvgIpc) is 2.41. The highest BCUT2D eigenvalue weighted by atomic mass is 127. The third kappa shape index (κ3) is 3.42. The van der Waals surface area contributed by atoms with Crippen molar-refractivity contribution < 1.29 is 4.79 Å². The second-order valence-electron chi connectivity index (χ2n) is 4.28. The van der Waals surface area contributed by atoms with E-state index in [9.17, 15) is 4.79 Å². The van der Waals surface area contributed by atoms with Gasteiger partial charge in [-0.3, -0.25) is 4.79 Å². The monoisotopic (exact) mass is 439 g/mol. The van der Waals surface area contributed by atoms with Crippen molar-refractivity contribution in [1.82, 2.24) is 4.90 Å². The Bertz CT molecular complexity index is 455. The molecule has 0 spiro atoms. The van der Waals surface area contributed by atoms with Crippen LogP contribution in [0.15, 0.2) is 22.7 Å². The van der Waals surface area contributed by atoms with Gasteiger partial charge >= 0.3 is 0 Å². The summed E-state index contributed by atoms with van der Waals surface area (Å²) in [4.78, 5) is 14.5. The first-order valence-corrected chi connectivity index (χ1v) is 8.89. The summed E-state index contributed by atoms with van der Waals surface area (Å²) < 4.78 is 1.98. The highest BCUT2D eigenvalue weighted by Crippen LogP contribution is 2.25. The zero-order valence-electron chi connectivity index (χ0n) is 10.2. The number of nitrogens with zero attached hydrogens (tertiary/aromatic N) is 1. The molecule has 0 bridgehead atoms. The summed E-state index contributed by atoms with van der Waals surface area (Å²) in [7, 11) is 0. The van der Waals surface area contributed by atoms with E-state index in [-0.39, 0.29) is 5.91 Å². The van der Waals surface area contributed by atoms with Crippen LogP contribution in [0.25, 0.3) is 0 Å². The average molecular weight is 440 g/mol. The molecule has 0 radical (unpaired) electrons. The molecule has 1 amide bonds. The first-order chi connectivity index (χ1) is 8.61. The summed E-state index contributed by atoms with van der Waals surface area (Å²) in [6.45, 7) is 3.93. The normalized spacial score (nSPS) is 19.9. The highest BCUT2D eigenvalue weighted by molar-refractivity contribution is 14.1. The van der Waals surface area contributed by atoms with Crippen molar-refractivity contribution in [2.24, 2.45) is 0 Å². The molecule has 0 aromatic heterocycles. The lowest BCUT2D eigenvalue weighted by Crippen LogP contribution is -2.42. The van der Waals surface area contributed by atoms with E-state index >= 15 is 0 Å². The fourth-order valence-corrected chi connectivity index (χ4v) is 4.09. The van der Waals surface area contributed by atoms with E-state index < -0.39 is 0 Å². The lowest BCUT2D eigenvalue weighted by atomic mass is 10.2. The van der Waals surface area contributed by atoms with Crippen LogP contribution in [0.5, 0.6) is 0 Å². The van der Waals surface area contributed by atoms with Crippen LogP contribution in [0.1, 0.15) is 23.7 Å². The van der Waals surface area contributed by atoms with Gasteiger partial charge in [0.1, 0.15) is 0 Å². The van der Waals surface area contributed by atoms with Crippen LogP contribution in [0.3, 0.4) is 0 Å². The lowest BCUT2D eigenvalue weighted by Gasteiger charge is -2.32. The predicted molar refractivity (Wildman–Crippen MR) is 89.3 cm³/mol. The molecule has 2 rings (SSSR count). The Morgan fingerprint density at radius 3 is 3.11 bits per heavy atom. The zero-order chi connectivity index (χ0) is 13.1. The van der Waals surface area contributed by atoms with E-state index in [4.69, 9.17) is 0 Å². The van der Waals surface area contributed by atoms with Crippen molar-refractivity contribution in [3.05, 3.63) is 31.8 Å². The molecule has 1 heterocycles. The number of hydrogen-bond acceptors (Lipinski definition) is 2. The molecule has 1 aromatic rings. The van der Waals surface area contributed by atoms with Gasteiger partial charge < -0.3 is 4.90 Å². The van der Waals surface area contributed by atoms with Crippen molar-refractivity contribution in [2.75, 3.05) is 18.8 Å². The Labute approximate surface area is 134 Å². The molecule has 1 aromatic carbocycles. The van der Waals surface area contributed by atoms with E-state index in [0.717, 1.165) is 38.9 Å². The number of rotatable bonds is 2. The van der Waals surface area contributed by atoms with Gasteiger partial charge in [0.05, 0.1) is 5.56 Å². The van der Waals surface area contributed by atoms with E-state index in [0.29, 0.717) is 5.25 Å². The first-order valence-electron chi connectivity index (χ1n) is 5.97. The minimum absolute atomic E-state index is 0.166. The maximum absolute atomic E-state index is 12.5. The fraction of sp³-hybridized carbons (Fsp3) is 0.462. The Morgan fingerprint density at radius 2 is 2.39 bits per heavy atom. The van der Waals surface area contributed by atoms with Gasteiger partial charge in [-0.15, -0.1) is 0 Å². The molecule has 98 valence electrons. The third-order valence-corrected chi connectivity index (χ3v) is 5.85. The van der Waals surface area contributed by atoms with Crippen LogP contribution < -0.4 is 0 Å². The Balaban J connectivity index is 2.17. The van der Waals surface area contributed by atoms with Gasteiger partial charge in [0, 0.05) is 32.1 Å². The molecule has 0 saturated carbocycles. The third-order valence-electron chi connectivity index (χ3n) is 3.04. The molecule has 18 heavy (non-hydrogen) atoms. The van der Waals surface area contributed by atoms with E-state index in [1.54, 1.807) is 0 Å². The maximum atomic E-state index is 12.5. The summed E-state index contributed by atoms with van der Waals surface area (Å²) in [5, 5.41) is 0.590. The van der Waals surface area contributed by atoms with Gasteiger partial charge in [-0.05, 0) is 47.2 Å². The van der Waals surface area contributed by atoms with Crippen molar-refractivity contribution in [3.8, 4) is 0 Å². The van der Waals surface area contributed by atoms with Crippen molar-refractivity contribution >= 4 is 56.2 Å². The molecule has 0 aliphatic carbocycles. The van der Waals surface area contributed by atoms with Crippen LogP contribution in [-0.2, 0) is 0 Å². The summed E-state index contributed by atoms with van der Waals surface area (Å²) in [6, 6.07) is 5.88. The van der Waals surface area contributed by atoms with Gasteiger partial charge in [-0.25, -0.2) is 0 Å². The van der Waals surface area contributed by atoms with Crippen LogP contribution in [0.4, 0.5) is 0 Å². The second-order valence-corrected chi connectivity index (χ2v) is 7.76. The van der Waals surface area contributed by atoms with Crippen LogP contribution in [0.2, 0.25) is 0 Å². The maximum Gasteiger partial charge on any atom is 0.255 e. The molecule has 1 aliphatic rings. The number of thioether (sulfide) groups is 1. The van der Waals surface area contributed by atoms with Gasteiger partial charge in [-0.1, -0.05) is 22.9 Å². The van der Waals surface area contributed by atoms with Crippen LogP contribution in [0, 0.1) is 3.57 Å². The van der Waals surface area contributed by atoms with E-state index in [2.05, 4.69) is 45.4 Å². The highest BCUT2D eigenvalue weighted by Gasteiger charge is 2.25. The second kappa shape index (κ2) is 6.61. The summed E-state index contributed by atoms with van der Waals surface area (Å²) in [5.41, 5.74) is 0.812. The number of carbonyl (C=O) groups is 1. The predicted octanol–water partition coefficient (Wildman–Crippen LogP) is 4.02. The minimum atomic E-state index is 0.166. The Morgan fingerprint density at radius 1 is 1.61 bits per heavy atom. The van der Waals surface area contributed by atoms with Crippen molar-refractivity contribution in [1.29, 1.82) is 0 Å². The largest absolute Gasteiger partial charge is 0.337 e. The molecule has 5 heteroatoms. The van der Waals surface area contributed by atoms with Crippen LogP contribution >= 0.6 is 50.3 Å². The van der Waals surface area contributed by atoms with Gasteiger partial charge in [0.15, 0.2) is 0 Å². The fourth-order valence-electron chi connectivity index (χ4n) is 1.98. The Kier molecular flexibility index (Phi) is 5.38. The summed E-state index contributed by atoms with van der Waals surface area (Å²) in [5.74, 6) is 1.22. The minimum Gasteiger partial charge on any atom is -0.337 e. The van der Waals surface area contributed by atoms with Crippen molar-refractivity contribution in [2.45, 2.75) is 18.6 Å². The quantitative estimate of drug-likeness (QED) is 0.648. The molecular formula is C13H15BrINOS. The summed E-state index contributed by atoms with van der Waals surface area (Å²) in [6.07, 6.45) is 1.13. The number of amides is 1. The number of halogens is 2. The van der Waals surface area contributed by atoms with Gasteiger partial charge in [0.25, 0.3) is 5.91 Å². The molecule has 1 fully saturated rings. The smallest absolute Gasteiger partial charge is 0.255 e. The molecule has 1 saturated heterocycles. The molecule has 1 unspecified atom stereocenters. The van der Waals surface area contributed by atoms with E-state index in [1.165, 1.54) is 0 Å². The number of hydrogen-bond donors (Lipinski definition) is 0. The molecule has 0 N–H and O–H groups in total. The van der Waals surface area contributed by atoms with Crippen LogP contribution in [-0.4, -0.2) is 34.9 Å². The SMILES string of the molecule is CCC1CN(C(=O)c2cc(Br)ccc2I)CCS1. The first kappa shape index (κ1) is 14.7. The lowest BCUT2D eigenvalue weighted by molar-refractivity contribution is 0.0760. The standard InChI is InChI=1S/C13H15BrINOS/c1-2-10-8-16(5-6-18-10)13(17)11-7-9(14)3-4-12(11)15/h3-4,7,10H,2,5-6,8H2,1H3. The van der Waals surface area contributed by atoms with E-state index in [1.807, 2.05) is 34.9 Å². The van der Waals surface area contributed by atoms with Crippen molar-refractivity contribution in [3.63, 3.8) is 0 Å². The molecule has 1 atom stereocenters. The molecular weight excluding hydrogens is 425 g/mol. The van der Waals surface area contributed by atoms with Gasteiger partial charge in [-0.2, -0.15) is 11.8 Å². The number of carbonyl (C=O) groups excluding carboxylic acids is 1. The number of benzene rings is 1. The zero-order valence-corrected chi connectivity index (χ0v) is 14.7. The molecule has 1 aliphatic heterocycles. The van der Waals surface area contributed by atoms with Gasteiger partial charge in [0.2, 0.25) is 0 Å². The summed E-state index contributed by atoms with van der Waals surface area (Å²) >= 11 is 7.65. The topological polar surface area (TPSA) is 20.3 Å². The molecule has 2 nitrogen and oxygen atoms in total. The Hall–Kier alpha value is 0.250.